The summed E-state index contributed by atoms with van der Waals surface area (Å²) in [6.45, 7) is 9.40. The highest BCUT2D eigenvalue weighted by atomic mass is 32.1. The number of aromatic nitrogens is 3. The van der Waals surface area contributed by atoms with Crippen LogP contribution in [0.25, 0.3) is 11.3 Å². The Bertz CT molecular complexity index is 839. The van der Waals surface area contributed by atoms with E-state index in [1.54, 1.807) is 11.3 Å². The number of nitrogens with one attached hydrogen (secondary N) is 1. The molecule has 0 unspecified atom stereocenters. The monoisotopic (exact) mass is 340 g/mol. The van der Waals surface area contributed by atoms with Gasteiger partial charge < -0.3 is 5.32 Å². The average Bonchev–Trinajstić information content (AvgIpc) is 3.12. The van der Waals surface area contributed by atoms with Crippen molar-refractivity contribution in [3.8, 4) is 11.3 Å². The molecule has 0 amide bonds. The average molecular weight is 340 g/mol. The lowest BCUT2D eigenvalue weighted by Gasteiger charge is -2.13. The summed E-state index contributed by atoms with van der Waals surface area (Å²) in [5, 5.41) is 11.4. The number of anilines is 1. The molecule has 126 valence electrons. The molecule has 4 nitrogen and oxygen atoms in total. The van der Waals surface area contributed by atoms with Gasteiger partial charge in [0, 0.05) is 29.5 Å². The zero-order chi connectivity index (χ0) is 17.3. The van der Waals surface area contributed by atoms with Gasteiger partial charge >= 0.3 is 0 Å². The van der Waals surface area contributed by atoms with Crippen LogP contribution < -0.4 is 5.32 Å². The number of benzene rings is 1. The molecular formula is C19H24N4S. The number of aryl methyl sites for hydroxylation is 2. The van der Waals surface area contributed by atoms with Crippen LogP contribution in [0.5, 0.6) is 0 Å². The molecular weight excluding hydrogens is 316 g/mol. The summed E-state index contributed by atoms with van der Waals surface area (Å²) in [6, 6.07) is 10.4. The van der Waals surface area contributed by atoms with Crippen molar-refractivity contribution in [1.29, 1.82) is 0 Å². The van der Waals surface area contributed by atoms with E-state index in [0.717, 1.165) is 17.2 Å². The van der Waals surface area contributed by atoms with E-state index in [-0.39, 0.29) is 5.41 Å². The largest absolute Gasteiger partial charge is 0.365 e. The third kappa shape index (κ3) is 3.51. The molecule has 0 saturated heterocycles. The van der Waals surface area contributed by atoms with Crippen LogP contribution in [-0.4, -0.2) is 14.8 Å². The van der Waals surface area contributed by atoms with Crippen molar-refractivity contribution < 1.29 is 0 Å². The number of nitrogens with zero attached hydrogens (tertiary/aromatic N) is 3. The van der Waals surface area contributed by atoms with Crippen LogP contribution in [0.3, 0.4) is 0 Å². The number of hydrogen-bond acceptors (Lipinski definition) is 4. The summed E-state index contributed by atoms with van der Waals surface area (Å²) >= 11 is 1.73. The van der Waals surface area contributed by atoms with Gasteiger partial charge in [-0.1, -0.05) is 45.0 Å². The zero-order valence-electron chi connectivity index (χ0n) is 14.9. The van der Waals surface area contributed by atoms with Gasteiger partial charge in [0.05, 0.1) is 22.9 Å². The zero-order valence-corrected chi connectivity index (χ0v) is 15.7. The third-order valence-corrected chi connectivity index (χ3v) is 5.26. The molecule has 0 saturated carbocycles. The van der Waals surface area contributed by atoms with Crippen LogP contribution in [-0.2, 0) is 19.0 Å². The standard InChI is InChI=1S/C19H24N4S/c1-13-8-6-7-9-15(13)16-10-17(23(5)22-16)20-11-14-12-24-18(21-14)19(2,3)4/h6-10,12,20H,11H2,1-5H3. The minimum absolute atomic E-state index is 0.105. The van der Waals surface area contributed by atoms with Crippen LogP contribution in [0, 0.1) is 6.92 Å². The van der Waals surface area contributed by atoms with Gasteiger partial charge in [-0.3, -0.25) is 4.68 Å². The van der Waals surface area contributed by atoms with E-state index in [0.29, 0.717) is 6.54 Å². The fraction of sp³-hybridized carbons (Fsp3) is 0.368. The quantitative estimate of drug-likeness (QED) is 0.744. The Morgan fingerprint density at radius 2 is 1.96 bits per heavy atom. The first-order valence-corrected chi connectivity index (χ1v) is 9.01. The third-order valence-electron chi connectivity index (χ3n) is 3.94. The van der Waals surface area contributed by atoms with Crippen molar-refractivity contribution in [2.45, 2.75) is 39.7 Å². The van der Waals surface area contributed by atoms with Gasteiger partial charge in [0.15, 0.2) is 0 Å². The highest BCUT2D eigenvalue weighted by molar-refractivity contribution is 7.09. The molecule has 0 bridgehead atoms. The summed E-state index contributed by atoms with van der Waals surface area (Å²) in [5.74, 6) is 0.999. The molecule has 3 rings (SSSR count). The lowest BCUT2D eigenvalue weighted by atomic mass is 9.98. The Morgan fingerprint density at radius 1 is 1.21 bits per heavy atom. The first-order chi connectivity index (χ1) is 11.3. The van der Waals surface area contributed by atoms with Crippen LogP contribution in [0.2, 0.25) is 0 Å². The molecule has 2 heterocycles. The second-order valence-electron chi connectivity index (χ2n) is 7.10. The van der Waals surface area contributed by atoms with Gasteiger partial charge in [0.1, 0.15) is 5.82 Å². The van der Waals surface area contributed by atoms with E-state index in [2.05, 4.69) is 67.8 Å². The van der Waals surface area contributed by atoms with Crippen molar-refractivity contribution in [2.75, 3.05) is 5.32 Å². The fourth-order valence-electron chi connectivity index (χ4n) is 2.54. The maximum atomic E-state index is 4.73. The molecule has 0 aliphatic carbocycles. The molecule has 5 heteroatoms. The maximum Gasteiger partial charge on any atom is 0.124 e. The lowest BCUT2D eigenvalue weighted by Crippen LogP contribution is -2.11. The maximum absolute atomic E-state index is 4.73. The summed E-state index contributed by atoms with van der Waals surface area (Å²) in [6.07, 6.45) is 0. The first kappa shape index (κ1) is 16.7. The highest BCUT2D eigenvalue weighted by Gasteiger charge is 2.18. The Balaban J connectivity index is 1.75. The topological polar surface area (TPSA) is 42.7 Å². The van der Waals surface area contributed by atoms with Gasteiger partial charge in [-0.25, -0.2) is 4.98 Å². The number of hydrogen-bond donors (Lipinski definition) is 1. The van der Waals surface area contributed by atoms with Gasteiger partial charge in [0.25, 0.3) is 0 Å². The Labute approximate surface area is 147 Å². The molecule has 0 aliphatic heterocycles. The summed E-state index contributed by atoms with van der Waals surface area (Å²) in [5.41, 5.74) is 4.57. The number of thiazole rings is 1. The van der Waals surface area contributed by atoms with Crippen LogP contribution in [0.4, 0.5) is 5.82 Å². The van der Waals surface area contributed by atoms with Gasteiger partial charge in [-0.2, -0.15) is 5.10 Å². The molecule has 2 aromatic heterocycles. The van der Waals surface area contributed by atoms with Gasteiger partial charge in [-0.15, -0.1) is 11.3 Å². The molecule has 1 N–H and O–H groups in total. The Kier molecular flexibility index (Phi) is 4.45. The minimum atomic E-state index is 0.105. The molecule has 0 aliphatic rings. The highest BCUT2D eigenvalue weighted by Crippen LogP contribution is 2.27. The summed E-state index contributed by atoms with van der Waals surface area (Å²) < 4.78 is 1.89. The molecule has 0 fully saturated rings. The second-order valence-corrected chi connectivity index (χ2v) is 7.96. The normalized spacial score (nSPS) is 11.7. The van der Waals surface area contributed by atoms with Crippen molar-refractivity contribution in [2.24, 2.45) is 7.05 Å². The molecule has 0 spiro atoms. The molecule has 24 heavy (non-hydrogen) atoms. The van der Waals surface area contributed by atoms with E-state index < -0.39 is 0 Å². The van der Waals surface area contributed by atoms with Gasteiger partial charge in [-0.05, 0) is 12.5 Å². The van der Waals surface area contributed by atoms with E-state index >= 15 is 0 Å². The molecule has 0 radical (unpaired) electrons. The predicted octanol–water partition coefficient (Wildman–Crippen LogP) is 4.76. The summed E-state index contributed by atoms with van der Waals surface area (Å²) in [7, 11) is 1.96. The van der Waals surface area contributed by atoms with E-state index in [4.69, 9.17) is 4.98 Å². The predicted molar refractivity (Wildman–Crippen MR) is 102 cm³/mol. The van der Waals surface area contributed by atoms with Crippen molar-refractivity contribution >= 4 is 17.2 Å². The van der Waals surface area contributed by atoms with Crippen molar-refractivity contribution in [3.63, 3.8) is 0 Å². The van der Waals surface area contributed by atoms with Gasteiger partial charge in [0.2, 0.25) is 0 Å². The van der Waals surface area contributed by atoms with Crippen molar-refractivity contribution in [1.82, 2.24) is 14.8 Å². The van der Waals surface area contributed by atoms with Crippen LogP contribution in [0.1, 0.15) is 37.0 Å². The molecule has 1 aromatic carbocycles. The number of rotatable bonds is 4. The van der Waals surface area contributed by atoms with Crippen LogP contribution >= 0.6 is 11.3 Å². The first-order valence-electron chi connectivity index (χ1n) is 8.13. The van der Waals surface area contributed by atoms with Crippen LogP contribution in [0.15, 0.2) is 35.7 Å². The fourth-order valence-corrected chi connectivity index (χ4v) is 3.45. The van der Waals surface area contributed by atoms with E-state index in [1.165, 1.54) is 16.1 Å². The lowest BCUT2D eigenvalue weighted by molar-refractivity contribution is 0.583. The van der Waals surface area contributed by atoms with E-state index in [9.17, 15) is 0 Å². The van der Waals surface area contributed by atoms with E-state index in [1.807, 2.05) is 17.8 Å². The van der Waals surface area contributed by atoms with Crippen molar-refractivity contribution in [3.05, 3.63) is 52.0 Å². The minimum Gasteiger partial charge on any atom is -0.365 e. The Morgan fingerprint density at radius 3 is 2.62 bits per heavy atom. The second kappa shape index (κ2) is 6.40. The smallest absolute Gasteiger partial charge is 0.124 e. The molecule has 3 aromatic rings. The summed E-state index contributed by atoms with van der Waals surface area (Å²) in [4.78, 5) is 4.73. The SMILES string of the molecule is Cc1ccccc1-c1cc(NCc2csc(C(C)(C)C)n2)n(C)n1. The Hall–Kier alpha value is -2.14. The molecule has 0 atom stereocenters.